The van der Waals surface area contributed by atoms with Gasteiger partial charge in [0.1, 0.15) is 11.2 Å². The number of anilines is 1. The molecule has 0 bridgehead atoms. The van der Waals surface area contributed by atoms with Gasteiger partial charge in [0, 0.05) is 43.8 Å². The van der Waals surface area contributed by atoms with E-state index in [-0.39, 0.29) is 5.91 Å². The fraction of sp³-hybridized carbons (Fsp3) is 0.0385. The van der Waals surface area contributed by atoms with Crippen LogP contribution in [0.5, 0.6) is 0 Å². The maximum atomic E-state index is 12.7. The quantitative estimate of drug-likeness (QED) is 0.282. The first kappa shape index (κ1) is 19.7. The van der Waals surface area contributed by atoms with Crippen molar-refractivity contribution in [2.45, 2.75) is 10.6 Å². The lowest BCUT2D eigenvalue weighted by molar-refractivity contribution is 0.102. The van der Waals surface area contributed by atoms with Crippen molar-refractivity contribution in [3.8, 4) is 0 Å². The Kier molecular flexibility index (Phi) is 5.41. The molecule has 1 heterocycles. The summed E-state index contributed by atoms with van der Waals surface area (Å²) >= 11 is 7.66. The van der Waals surface area contributed by atoms with Crippen molar-refractivity contribution >= 4 is 56.9 Å². The van der Waals surface area contributed by atoms with Crippen molar-refractivity contribution in [2.24, 2.45) is 0 Å². The summed E-state index contributed by atoms with van der Waals surface area (Å²) in [5.74, 6) is 0.680. The molecule has 5 rings (SSSR count). The summed E-state index contributed by atoms with van der Waals surface area (Å²) < 4.78 is 5.91. The molecule has 1 amide bonds. The van der Waals surface area contributed by atoms with E-state index in [4.69, 9.17) is 16.0 Å². The summed E-state index contributed by atoms with van der Waals surface area (Å²) in [6.45, 7) is 0. The number of hydrogen-bond donors (Lipinski definition) is 1. The maximum absolute atomic E-state index is 12.7. The number of para-hydroxylation sites is 1. The number of halogens is 1. The molecular formula is C26H18ClNO2S. The van der Waals surface area contributed by atoms with E-state index in [1.807, 2.05) is 91.0 Å². The molecule has 0 fully saturated rings. The Balaban J connectivity index is 1.26. The van der Waals surface area contributed by atoms with Crippen LogP contribution in [0.3, 0.4) is 0 Å². The second-order valence-electron chi connectivity index (χ2n) is 7.20. The third-order valence-corrected chi connectivity index (χ3v) is 6.41. The molecule has 4 aromatic carbocycles. The molecule has 3 nitrogen and oxygen atoms in total. The standard InChI is InChI=1S/C26H18ClNO2S/c27-19-9-12-21(13-10-19)31-16-17-5-7-18(8-6-17)26(29)28-20-11-14-23-22-3-1-2-4-24(22)30-25(23)15-20/h1-15H,16H2,(H,28,29). The minimum atomic E-state index is -0.146. The number of rotatable bonds is 5. The smallest absolute Gasteiger partial charge is 0.255 e. The van der Waals surface area contributed by atoms with Crippen molar-refractivity contribution < 1.29 is 9.21 Å². The van der Waals surface area contributed by atoms with E-state index in [0.29, 0.717) is 11.3 Å². The molecule has 0 unspecified atom stereocenters. The van der Waals surface area contributed by atoms with Crippen molar-refractivity contribution in [3.63, 3.8) is 0 Å². The van der Waals surface area contributed by atoms with E-state index in [1.165, 1.54) is 0 Å². The van der Waals surface area contributed by atoms with E-state index in [0.717, 1.165) is 43.2 Å². The van der Waals surface area contributed by atoms with Crippen LogP contribution in [0.2, 0.25) is 5.02 Å². The molecule has 0 aliphatic rings. The molecular weight excluding hydrogens is 426 g/mol. The molecule has 0 spiro atoms. The number of amides is 1. The fourth-order valence-electron chi connectivity index (χ4n) is 3.46. The summed E-state index contributed by atoms with van der Waals surface area (Å²) in [4.78, 5) is 13.8. The molecule has 0 aliphatic carbocycles. The van der Waals surface area contributed by atoms with Crippen molar-refractivity contribution in [2.75, 3.05) is 5.32 Å². The number of hydrogen-bond acceptors (Lipinski definition) is 3. The van der Waals surface area contributed by atoms with Gasteiger partial charge in [-0.05, 0) is 60.2 Å². The minimum absolute atomic E-state index is 0.146. The lowest BCUT2D eigenvalue weighted by Gasteiger charge is -2.07. The number of carbonyl (C=O) groups is 1. The number of carbonyl (C=O) groups excluding carboxylic acids is 1. The van der Waals surface area contributed by atoms with Crippen LogP contribution >= 0.6 is 23.4 Å². The molecule has 0 saturated carbocycles. The zero-order valence-electron chi connectivity index (χ0n) is 16.5. The molecule has 1 aromatic heterocycles. The highest BCUT2D eigenvalue weighted by atomic mass is 35.5. The second-order valence-corrected chi connectivity index (χ2v) is 8.69. The van der Waals surface area contributed by atoms with E-state index < -0.39 is 0 Å². The molecule has 0 saturated heterocycles. The summed E-state index contributed by atoms with van der Waals surface area (Å²) in [5.41, 5.74) is 4.07. The first-order chi connectivity index (χ1) is 15.2. The first-order valence-corrected chi connectivity index (χ1v) is 11.2. The van der Waals surface area contributed by atoms with Gasteiger partial charge in [0.05, 0.1) is 0 Å². The van der Waals surface area contributed by atoms with Crippen LogP contribution in [0.15, 0.2) is 100 Å². The van der Waals surface area contributed by atoms with Gasteiger partial charge >= 0.3 is 0 Å². The van der Waals surface area contributed by atoms with E-state index in [2.05, 4.69) is 5.32 Å². The Morgan fingerprint density at radius 2 is 1.58 bits per heavy atom. The van der Waals surface area contributed by atoms with Crippen LogP contribution in [0.25, 0.3) is 21.9 Å². The van der Waals surface area contributed by atoms with Gasteiger partial charge in [0.15, 0.2) is 0 Å². The summed E-state index contributed by atoms with van der Waals surface area (Å²) in [7, 11) is 0. The molecule has 0 radical (unpaired) electrons. The van der Waals surface area contributed by atoms with Gasteiger partial charge in [-0.2, -0.15) is 0 Å². The maximum Gasteiger partial charge on any atom is 0.255 e. The third kappa shape index (κ3) is 4.31. The van der Waals surface area contributed by atoms with E-state index in [9.17, 15) is 4.79 Å². The van der Waals surface area contributed by atoms with Crippen LogP contribution in [-0.4, -0.2) is 5.91 Å². The Hall–Kier alpha value is -3.21. The largest absolute Gasteiger partial charge is 0.456 e. The van der Waals surface area contributed by atoms with Gasteiger partial charge < -0.3 is 9.73 Å². The minimum Gasteiger partial charge on any atom is -0.456 e. The number of nitrogens with one attached hydrogen (secondary N) is 1. The Bertz CT molecular complexity index is 1370. The predicted molar refractivity (Wildman–Crippen MR) is 129 cm³/mol. The summed E-state index contributed by atoms with van der Waals surface area (Å²) in [5, 5.41) is 5.81. The molecule has 31 heavy (non-hydrogen) atoms. The Labute approximate surface area is 189 Å². The Morgan fingerprint density at radius 1 is 0.839 bits per heavy atom. The van der Waals surface area contributed by atoms with Crippen molar-refractivity contribution in [1.29, 1.82) is 0 Å². The number of thioether (sulfide) groups is 1. The topological polar surface area (TPSA) is 42.2 Å². The summed E-state index contributed by atoms with van der Waals surface area (Å²) in [6.07, 6.45) is 0. The molecule has 5 heteroatoms. The predicted octanol–water partition coefficient (Wildman–Crippen LogP) is 7.78. The number of benzene rings is 4. The summed E-state index contributed by atoms with van der Waals surface area (Å²) in [6, 6.07) is 29.1. The van der Waals surface area contributed by atoms with Crippen molar-refractivity contribution in [3.05, 3.63) is 107 Å². The van der Waals surface area contributed by atoms with Crippen LogP contribution in [0.4, 0.5) is 5.69 Å². The highest BCUT2D eigenvalue weighted by molar-refractivity contribution is 7.98. The lowest BCUT2D eigenvalue weighted by Crippen LogP contribution is -2.11. The van der Waals surface area contributed by atoms with Gasteiger partial charge in [0.25, 0.3) is 5.91 Å². The van der Waals surface area contributed by atoms with E-state index >= 15 is 0 Å². The average Bonchev–Trinajstić information content (AvgIpc) is 3.17. The van der Waals surface area contributed by atoms with Crippen LogP contribution in [-0.2, 0) is 5.75 Å². The first-order valence-electron chi connectivity index (χ1n) is 9.86. The average molecular weight is 444 g/mol. The number of furan rings is 1. The molecule has 0 aliphatic heterocycles. The molecule has 0 atom stereocenters. The van der Waals surface area contributed by atoms with Gasteiger partial charge in [-0.1, -0.05) is 41.9 Å². The zero-order valence-corrected chi connectivity index (χ0v) is 18.0. The Morgan fingerprint density at radius 3 is 2.39 bits per heavy atom. The van der Waals surface area contributed by atoms with E-state index in [1.54, 1.807) is 11.8 Å². The lowest BCUT2D eigenvalue weighted by atomic mass is 10.1. The molecule has 1 N–H and O–H groups in total. The third-order valence-electron chi connectivity index (χ3n) is 5.07. The van der Waals surface area contributed by atoms with Gasteiger partial charge in [-0.15, -0.1) is 11.8 Å². The normalized spacial score (nSPS) is 11.1. The second kappa shape index (κ2) is 8.50. The van der Waals surface area contributed by atoms with Crippen LogP contribution in [0, 0.1) is 0 Å². The van der Waals surface area contributed by atoms with Crippen LogP contribution in [0.1, 0.15) is 15.9 Å². The SMILES string of the molecule is O=C(Nc1ccc2c(c1)oc1ccccc12)c1ccc(CSc2ccc(Cl)cc2)cc1. The fourth-order valence-corrected chi connectivity index (χ4v) is 4.44. The van der Waals surface area contributed by atoms with Crippen LogP contribution < -0.4 is 5.32 Å². The zero-order chi connectivity index (χ0) is 21.2. The molecule has 5 aromatic rings. The van der Waals surface area contributed by atoms with Crippen molar-refractivity contribution in [1.82, 2.24) is 0 Å². The van der Waals surface area contributed by atoms with Gasteiger partial charge in [-0.3, -0.25) is 4.79 Å². The monoisotopic (exact) mass is 443 g/mol. The highest BCUT2D eigenvalue weighted by Crippen LogP contribution is 2.30. The molecule has 152 valence electrons. The highest BCUT2D eigenvalue weighted by Gasteiger charge is 2.10. The number of fused-ring (bicyclic) bond motifs is 3. The van der Waals surface area contributed by atoms with Gasteiger partial charge in [0.2, 0.25) is 0 Å². The van der Waals surface area contributed by atoms with Gasteiger partial charge in [-0.25, -0.2) is 0 Å².